The van der Waals surface area contributed by atoms with Crippen molar-refractivity contribution in [3.63, 3.8) is 0 Å². The van der Waals surface area contributed by atoms with Crippen molar-refractivity contribution < 1.29 is 9.53 Å². The van der Waals surface area contributed by atoms with Crippen LogP contribution in [-0.4, -0.2) is 36.1 Å². The van der Waals surface area contributed by atoms with Gasteiger partial charge in [-0.2, -0.15) is 0 Å². The van der Waals surface area contributed by atoms with Crippen LogP contribution in [0.5, 0.6) is 0 Å². The molecule has 1 aromatic rings. The first-order chi connectivity index (χ1) is 9.28. The lowest BCUT2D eigenvalue weighted by molar-refractivity contribution is -0.138. The van der Waals surface area contributed by atoms with E-state index in [9.17, 15) is 4.79 Å². The number of nitrogens with zero attached hydrogens (tertiary/aromatic N) is 2. The van der Waals surface area contributed by atoms with Crippen LogP contribution in [0.15, 0.2) is 12.4 Å². The first-order valence-electron chi connectivity index (χ1n) is 6.64. The second kappa shape index (κ2) is 6.92. The van der Waals surface area contributed by atoms with Crippen molar-refractivity contribution in [3.05, 3.63) is 12.4 Å². The van der Waals surface area contributed by atoms with E-state index in [4.69, 9.17) is 0 Å². The molecular formula is C13H20N4O2. The van der Waals surface area contributed by atoms with Gasteiger partial charge in [-0.1, -0.05) is 19.3 Å². The molecule has 0 bridgehead atoms. The molecule has 104 valence electrons. The van der Waals surface area contributed by atoms with Crippen molar-refractivity contribution in [1.29, 1.82) is 0 Å². The van der Waals surface area contributed by atoms with E-state index < -0.39 is 0 Å². The quantitative estimate of drug-likeness (QED) is 0.729. The summed E-state index contributed by atoms with van der Waals surface area (Å²) in [5.41, 5.74) is 0. The summed E-state index contributed by atoms with van der Waals surface area (Å²) in [7, 11) is 1.36. The van der Waals surface area contributed by atoms with Gasteiger partial charge in [-0.05, 0) is 12.3 Å². The maximum atomic E-state index is 11.0. The zero-order valence-corrected chi connectivity index (χ0v) is 11.2. The van der Waals surface area contributed by atoms with Crippen LogP contribution in [0, 0.1) is 5.92 Å². The third-order valence-corrected chi connectivity index (χ3v) is 3.39. The number of nitrogens with one attached hydrogen (secondary N) is 2. The summed E-state index contributed by atoms with van der Waals surface area (Å²) < 4.78 is 4.55. The fraction of sp³-hybridized carbons (Fsp3) is 0.615. The minimum atomic E-state index is -0.321. The molecule has 0 saturated heterocycles. The number of hydrogen-bond donors (Lipinski definition) is 2. The van der Waals surface area contributed by atoms with Crippen LogP contribution < -0.4 is 10.6 Å². The van der Waals surface area contributed by atoms with Crippen molar-refractivity contribution in [2.24, 2.45) is 5.92 Å². The smallest absolute Gasteiger partial charge is 0.325 e. The van der Waals surface area contributed by atoms with Crippen molar-refractivity contribution in [2.75, 3.05) is 30.8 Å². The summed E-state index contributed by atoms with van der Waals surface area (Å²) in [6.45, 7) is 1.03. The van der Waals surface area contributed by atoms with E-state index in [2.05, 4.69) is 25.3 Å². The lowest BCUT2D eigenvalue weighted by atomic mass is 9.83. The Morgan fingerprint density at radius 1 is 1.37 bits per heavy atom. The molecule has 1 aliphatic rings. The molecule has 1 aliphatic carbocycles. The molecular weight excluding hydrogens is 244 g/mol. The molecule has 0 unspecified atom stereocenters. The molecule has 2 rings (SSSR count). The Hall–Kier alpha value is -1.85. The Kier molecular flexibility index (Phi) is 4.94. The zero-order chi connectivity index (χ0) is 13.5. The standard InChI is InChI=1S/C13H20N4O2/c1-19-13(18)8-15-12-7-11(16-9-17-12)14-6-5-10-3-2-4-10/h7,9-10H,2-6,8H2,1H3,(H2,14,15,16,17). The molecule has 0 amide bonds. The summed E-state index contributed by atoms with van der Waals surface area (Å²) in [6, 6.07) is 1.80. The Morgan fingerprint density at radius 2 is 2.11 bits per heavy atom. The minimum absolute atomic E-state index is 0.106. The summed E-state index contributed by atoms with van der Waals surface area (Å²) in [5, 5.41) is 6.17. The predicted octanol–water partition coefficient (Wildman–Crippen LogP) is 1.66. The first-order valence-corrected chi connectivity index (χ1v) is 6.64. The van der Waals surface area contributed by atoms with Gasteiger partial charge >= 0.3 is 5.97 Å². The molecule has 19 heavy (non-hydrogen) atoms. The topological polar surface area (TPSA) is 76.1 Å². The highest BCUT2D eigenvalue weighted by Gasteiger charge is 2.16. The van der Waals surface area contributed by atoms with Crippen LogP contribution >= 0.6 is 0 Å². The van der Waals surface area contributed by atoms with Gasteiger partial charge in [-0.3, -0.25) is 4.79 Å². The molecule has 1 heterocycles. The molecule has 1 saturated carbocycles. The van der Waals surface area contributed by atoms with Gasteiger partial charge in [0.25, 0.3) is 0 Å². The van der Waals surface area contributed by atoms with Crippen LogP contribution in [0.1, 0.15) is 25.7 Å². The summed E-state index contributed by atoms with van der Waals surface area (Å²) in [5.74, 6) is 1.96. The molecule has 2 N–H and O–H groups in total. The minimum Gasteiger partial charge on any atom is -0.468 e. The largest absolute Gasteiger partial charge is 0.468 e. The molecule has 0 aromatic carbocycles. The van der Waals surface area contributed by atoms with Gasteiger partial charge < -0.3 is 15.4 Å². The maximum absolute atomic E-state index is 11.0. The number of rotatable bonds is 7. The van der Waals surface area contributed by atoms with Crippen LogP contribution in [0.4, 0.5) is 11.6 Å². The predicted molar refractivity (Wildman–Crippen MR) is 73.0 cm³/mol. The zero-order valence-electron chi connectivity index (χ0n) is 11.2. The molecule has 0 spiro atoms. The van der Waals surface area contributed by atoms with Gasteiger partial charge in [-0.25, -0.2) is 9.97 Å². The summed E-state index contributed by atoms with van der Waals surface area (Å²) in [6.07, 6.45) is 6.76. The van der Waals surface area contributed by atoms with Crippen molar-refractivity contribution in [2.45, 2.75) is 25.7 Å². The van der Waals surface area contributed by atoms with Crippen LogP contribution in [0.25, 0.3) is 0 Å². The third-order valence-electron chi connectivity index (χ3n) is 3.39. The fourth-order valence-corrected chi connectivity index (χ4v) is 1.97. The van der Waals surface area contributed by atoms with Gasteiger partial charge in [0.2, 0.25) is 0 Å². The van der Waals surface area contributed by atoms with Gasteiger partial charge in [0, 0.05) is 12.6 Å². The van der Waals surface area contributed by atoms with E-state index in [0.29, 0.717) is 5.82 Å². The average molecular weight is 264 g/mol. The lowest BCUT2D eigenvalue weighted by Crippen LogP contribution is -2.17. The number of carbonyl (C=O) groups is 1. The second-order valence-corrected chi connectivity index (χ2v) is 4.73. The van der Waals surface area contributed by atoms with E-state index in [1.807, 2.05) is 0 Å². The fourth-order valence-electron chi connectivity index (χ4n) is 1.97. The highest BCUT2D eigenvalue weighted by atomic mass is 16.5. The highest BCUT2D eigenvalue weighted by molar-refractivity contribution is 5.74. The number of carbonyl (C=O) groups excluding carboxylic acids is 1. The lowest BCUT2D eigenvalue weighted by Gasteiger charge is -2.25. The number of esters is 1. The Balaban J connectivity index is 1.75. The van der Waals surface area contributed by atoms with E-state index in [1.165, 1.54) is 39.1 Å². The van der Waals surface area contributed by atoms with Crippen molar-refractivity contribution in [3.8, 4) is 0 Å². The Labute approximate surface area is 113 Å². The second-order valence-electron chi connectivity index (χ2n) is 4.73. The normalized spacial score (nSPS) is 14.6. The molecule has 1 fully saturated rings. The molecule has 6 heteroatoms. The molecule has 0 atom stereocenters. The van der Waals surface area contributed by atoms with Crippen LogP contribution in [-0.2, 0) is 9.53 Å². The first kappa shape index (κ1) is 13.6. The molecule has 0 radical (unpaired) electrons. The number of methoxy groups -OCH3 is 1. The number of anilines is 2. The van der Waals surface area contributed by atoms with E-state index in [0.717, 1.165) is 18.3 Å². The third kappa shape index (κ3) is 4.39. The van der Waals surface area contributed by atoms with Crippen LogP contribution in [0.2, 0.25) is 0 Å². The highest BCUT2D eigenvalue weighted by Crippen LogP contribution is 2.29. The van der Waals surface area contributed by atoms with E-state index >= 15 is 0 Å². The van der Waals surface area contributed by atoms with Gasteiger partial charge in [-0.15, -0.1) is 0 Å². The Morgan fingerprint density at radius 3 is 2.74 bits per heavy atom. The van der Waals surface area contributed by atoms with E-state index in [-0.39, 0.29) is 12.5 Å². The van der Waals surface area contributed by atoms with Crippen LogP contribution in [0.3, 0.4) is 0 Å². The summed E-state index contributed by atoms with van der Waals surface area (Å²) in [4.78, 5) is 19.2. The number of ether oxygens (including phenoxy) is 1. The molecule has 1 aromatic heterocycles. The number of hydrogen-bond acceptors (Lipinski definition) is 6. The van der Waals surface area contributed by atoms with Gasteiger partial charge in [0.1, 0.15) is 24.5 Å². The van der Waals surface area contributed by atoms with Crippen molar-refractivity contribution >= 4 is 17.6 Å². The summed E-state index contributed by atoms with van der Waals surface area (Å²) >= 11 is 0. The van der Waals surface area contributed by atoms with Gasteiger partial charge in [0.05, 0.1) is 7.11 Å². The van der Waals surface area contributed by atoms with Crippen molar-refractivity contribution in [1.82, 2.24) is 9.97 Å². The molecule has 6 nitrogen and oxygen atoms in total. The Bertz CT molecular complexity index is 421. The molecule has 0 aliphatic heterocycles. The van der Waals surface area contributed by atoms with E-state index in [1.54, 1.807) is 6.07 Å². The van der Waals surface area contributed by atoms with Gasteiger partial charge in [0.15, 0.2) is 0 Å². The number of aromatic nitrogens is 2. The maximum Gasteiger partial charge on any atom is 0.325 e. The SMILES string of the molecule is COC(=O)CNc1cc(NCCC2CCC2)ncn1. The average Bonchev–Trinajstić information content (AvgIpc) is 2.39. The monoisotopic (exact) mass is 264 g/mol.